The van der Waals surface area contributed by atoms with Crippen LogP contribution in [-0.4, -0.2) is 29.3 Å². The van der Waals surface area contributed by atoms with Crippen LogP contribution in [0.4, 0.5) is 0 Å². The van der Waals surface area contributed by atoms with Gasteiger partial charge in [0.1, 0.15) is 11.4 Å². The first-order valence-corrected chi connectivity index (χ1v) is 7.71. The van der Waals surface area contributed by atoms with Crippen LogP contribution in [0.5, 0.6) is 0 Å². The van der Waals surface area contributed by atoms with E-state index in [1.807, 2.05) is 0 Å². The van der Waals surface area contributed by atoms with Crippen LogP contribution in [0.25, 0.3) is 0 Å². The first-order chi connectivity index (χ1) is 9.87. The van der Waals surface area contributed by atoms with Gasteiger partial charge in [-0.3, -0.25) is 9.48 Å². The normalized spacial score (nSPS) is 11.5. The second kappa shape index (κ2) is 6.25. The fraction of sp³-hybridized carbons (Fsp3) is 0.167. The zero-order valence-corrected chi connectivity index (χ0v) is 12.3. The second-order valence-electron chi connectivity index (χ2n) is 4.22. The predicted molar refractivity (Wildman–Crippen MR) is 75.3 cm³/mol. The smallest absolute Gasteiger partial charge is 0.325 e. The van der Waals surface area contributed by atoms with Crippen molar-refractivity contribution < 1.29 is 18.3 Å². The maximum atomic E-state index is 12.0. The fourth-order valence-electron chi connectivity index (χ4n) is 1.62. The van der Waals surface area contributed by atoms with Gasteiger partial charge in [0, 0.05) is 17.8 Å². The molecule has 0 spiro atoms. The van der Waals surface area contributed by atoms with Crippen molar-refractivity contribution in [3.63, 3.8) is 0 Å². The van der Waals surface area contributed by atoms with Crippen LogP contribution in [0.15, 0.2) is 41.6 Å². The van der Waals surface area contributed by atoms with E-state index in [2.05, 4.69) is 9.82 Å². The van der Waals surface area contributed by atoms with Crippen LogP contribution in [0.3, 0.4) is 0 Å². The molecule has 0 amide bonds. The molecule has 1 aromatic carbocycles. The molecule has 0 aliphatic heterocycles. The van der Waals surface area contributed by atoms with Crippen molar-refractivity contribution in [2.75, 3.05) is 0 Å². The molecule has 2 aromatic rings. The Hall–Kier alpha value is -1.90. The number of benzene rings is 1. The highest BCUT2D eigenvalue weighted by atomic mass is 35.5. The van der Waals surface area contributed by atoms with E-state index < -0.39 is 22.5 Å². The quantitative estimate of drug-likeness (QED) is 0.826. The molecule has 1 aromatic heterocycles. The third-order valence-electron chi connectivity index (χ3n) is 2.57. The largest absolute Gasteiger partial charge is 0.480 e. The number of sulfonamides is 1. The second-order valence-corrected chi connectivity index (χ2v) is 6.43. The molecule has 0 aliphatic rings. The molecule has 0 radical (unpaired) electrons. The highest BCUT2D eigenvalue weighted by Gasteiger charge is 2.16. The number of nitrogens with zero attached hydrogens (tertiary/aromatic N) is 2. The van der Waals surface area contributed by atoms with Crippen LogP contribution in [0.1, 0.15) is 5.56 Å². The van der Waals surface area contributed by atoms with E-state index in [0.29, 0.717) is 10.6 Å². The Kier molecular flexibility index (Phi) is 4.61. The average molecular weight is 330 g/mol. The Morgan fingerprint density at radius 2 is 2.19 bits per heavy atom. The Morgan fingerprint density at radius 3 is 2.86 bits per heavy atom. The standard InChI is InChI=1S/C12H12ClN3O4S/c13-10-3-1-2-9(4-10)5-15-21(19,20)11-6-14-16(7-11)8-12(17)18/h1-4,6-7,15H,5,8H2,(H,17,18). The van der Waals surface area contributed by atoms with Crippen LogP contribution in [-0.2, 0) is 27.9 Å². The van der Waals surface area contributed by atoms with Gasteiger partial charge >= 0.3 is 5.97 Å². The Labute approximate surface area is 126 Å². The van der Waals surface area contributed by atoms with Gasteiger partial charge in [-0.1, -0.05) is 23.7 Å². The summed E-state index contributed by atoms with van der Waals surface area (Å²) in [5, 5.41) is 12.8. The minimum Gasteiger partial charge on any atom is -0.480 e. The van der Waals surface area contributed by atoms with Gasteiger partial charge in [0.15, 0.2) is 0 Å². The molecule has 0 aliphatic carbocycles. The van der Waals surface area contributed by atoms with E-state index in [4.69, 9.17) is 16.7 Å². The molecule has 112 valence electrons. The fourth-order valence-corrected chi connectivity index (χ4v) is 2.80. The van der Waals surface area contributed by atoms with Gasteiger partial charge in [-0.15, -0.1) is 0 Å². The molecular formula is C12H12ClN3O4S. The SMILES string of the molecule is O=C(O)Cn1cc(S(=O)(=O)NCc2cccc(Cl)c2)cn1. The Morgan fingerprint density at radius 1 is 1.43 bits per heavy atom. The number of carbonyl (C=O) groups is 1. The third kappa shape index (κ3) is 4.28. The summed E-state index contributed by atoms with van der Waals surface area (Å²) in [5.74, 6) is -1.10. The first kappa shape index (κ1) is 15.5. The van der Waals surface area contributed by atoms with Gasteiger partial charge in [-0.05, 0) is 17.7 Å². The average Bonchev–Trinajstić information content (AvgIpc) is 2.85. The summed E-state index contributed by atoms with van der Waals surface area (Å²) in [7, 11) is -3.76. The lowest BCUT2D eigenvalue weighted by Crippen LogP contribution is -2.23. The van der Waals surface area contributed by atoms with Gasteiger partial charge in [0.05, 0.1) is 6.20 Å². The van der Waals surface area contributed by atoms with Crippen molar-refractivity contribution in [2.24, 2.45) is 0 Å². The molecule has 2 N–H and O–H groups in total. The molecule has 0 bridgehead atoms. The molecule has 9 heteroatoms. The lowest BCUT2D eigenvalue weighted by molar-refractivity contribution is -0.137. The molecular weight excluding hydrogens is 318 g/mol. The molecule has 2 rings (SSSR count). The van der Waals surface area contributed by atoms with Gasteiger partial charge in [0.2, 0.25) is 10.0 Å². The number of carboxylic acids is 1. The maximum Gasteiger partial charge on any atom is 0.325 e. The molecule has 0 atom stereocenters. The summed E-state index contributed by atoms with van der Waals surface area (Å²) in [4.78, 5) is 10.4. The van der Waals surface area contributed by atoms with Crippen LogP contribution in [0, 0.1) is 0 Å². The van der Waals surface area contributed by atoms with Crippen molar-refractivity contribution in [1.29, 1.82) is 0 Å². The van der Waals surface area contributed by atoms with Gasteiger partial charge in [0.25, 0.3) is 0 Å². The van der Waals surface area contributed by atoms with E-state index >= 15 is 0 Å². The van der Waals surface area contributed by atoms with E-state index in [0.717, 1.165) is 17.1 Å². The van der Waals surface area contributed by atoms with Crippen LogP contribution >= 0.6 is 11.6 Å². The van der Waals surface area contributed by atoms with E-state index in [1.165, 1.54) is 0 Å². The number of nitrogens with one attached hydrogen (secondary N) is 1. The minimum absolute atomic E-state index is 0.0764. The lowest BCUT2D eigenvalue weighted by Gasteiger charge is -2.05. The van der Waals surface area contributed by atoms with Crippen LogP contribution in [0.2, 0.25) is 5.02 Å². The number of halogens is 1. The van der Waals surface area contributed by atoms with Gasteiger partial charge < -0.3 is 5.11 Å². The summed E-state index contributed by atoms with van der Waals surface area (Å²) in [6.45, 7) is -0.323. The zero-order chi connectivity index (χ0) is 15.5. The number of aromatic nitrogens is 2. The molecule has 0 saturated heterocycles. The minimum atomic E-state index is -3.76. The molecule has 1 heterocycles. The van der Waals surface area contributed by atoms with Crippen LogP contribution < -0.4 is 4.72 Å². The summed E-state index contributed by atoms with van der Waals surface area (Å²) in [5.41, 5.74) is 0.712. The van der Waals surface area contributed by atoms with Crippen molar-refractivity contribution in [2.45, 2.75) is 18.0 Å². The van der Waals surface area contributed by atoms with Crippen molar-refractivity contribution in [3.05, 3.63) is 47.2 Å². The lowest BCUT2D eigenvalue weighted by atomic mass is 10.2. The predicted octanol–water partition coefficient (Wildman–Crippen LogP) is 1.10. The highest BCUT2D eigenvalue weighted by molar-refractivity contribution is 7.89. The number of hydrogen-bond acceptors (Lipinski definition) is 4. The van der Waals surface area contributed by atoms with Crippen molar-refractivity contribution in [3.8, 4) is 0 Å². The topological polar surface area (TPSA) is 101 Å². The molecule has 7 nitrogen and oxygen atoms in total. The highest BCUT2D eigenvalue weighted by Crippen LogP contribution is 2.12. The van der Waals surface area contributed by atoms with Crippen molar-refractivity contribution >= 4 is 27.6 Å². The van der Waals surface area contributed by atoms with E-state index in [1.54, 1.807) is 24.3 Å². The Balaban J connectivity index is 2.08. The molecule has 0 unspecified atom stereocenters. The number of aliphatic carboxylic acids is 1. The maximum absolute atomic E-state index is 12.0. The van der Waals surface area contributed by atoms with Gasteiger partial charge in [-0.2, -0.15) is 5.10 Å². The van der Waals surface area contributed by atoms with E-state index in [9.17, 15) is 13.2 Å². The zero-order valence-electron chi connectivity index (χ0n) is 10.7. The molecule has 0 fully saturated rings. The molecule has 0 saturated carbocycles. The number of carboxylic acid groups (broad SMARTS) is 1. The number of rotatable bonds is 6. The first-order valence-electron chi connectivity index (χ1n) is 5.85. The monoisotopic (exact) mass is 329 g/mol. The number of hydrogen-bond donors (Lipinski definition) is 2. The van der Waals surface area contributed by atoms with Gasteiger partial charge in [-0.25, -0.2) is 13.1 Å². The summed E-state index contributed by atoms with van der Waals surface area (Å²) < 4.78 is 27.5. The van der Waals surface area contributed by atoms with E-state index in [-0.39, 0.29) is 11.4 Å². The third-order valence-corrected chi connectivity index (χ3v) is 4.16. The Bertz CT molecular complexity index is 757. The summed E-state index contributed by atoms with van der Waals surface area (Å²) in [6.07, 6.45) is 2.26. The summed E-state index contributed by atoms with van der Waals surface area (Å²) in [6, 6.07) is 6.80. The van der Waals surface area contributed by atoms with Crippen molar-refractivity contribution in [1.82, 2.24) is 14.5 Å². The molecule has 21 heavy (non-hydrogen) atoms. The summed E-state index contributed by atoms with van der Waals surface area (Å²) >= 11 is 5.82.